The zero-order valence-electron chi connectivity index (χ0n) is 12.6. The highest BCUT2D eigenvalue weighted by atomic mass is 79.9. The molecule has 7 heteroatoms. The summed E-state index contributed by atoms with van der Waals surface area (Å²) in [6, 6.07) is 15.1. The lowest BCUT2D eigenvalue weighted by molar-refractivity contribution is -0.123. The van der Waals surface area contributed by atoms with E-state index in [9.17, 15) is 14.4 Å². The minimum absolute atomic E-state index is 0.290. The van der Waals surface area contributed by atoms with E-state index in [1.165, 1.54) is 0 Å². The van der Waals surface area contributed by atoms with Gasteiger partial charge in [-0.2, -0.15) is 0 Å². The highest BCUT2D eigenvalue weighted by molar-refractivity contribution is 9.10. The lowest BCUT2D eigenvalue weighted by Crippen LogP contribution is -2.41. The third kappa shape index (κ3) is 5.85. The van der Waals surface area contributed by atoms with E-state index in [1.807, 2.05) is 30.3 Å². The zero-order chi connectivity index (χ0) is 17.4. The van der Waals surface area contributed by atoms with Crippen LogP contribution in [0.5, 0.6) is 0 Å². The Morgan fingerprint density at radius 3 is 2.29 bits per heavy atom. The van der Waals surface area contributed by atoms with E-state index in [0.29, 0.717) is 12.1 Å². The van der Waals surface area contributed by atoms with Crippen LogP contribution in [0.4, 0.5) is 4.79 Å². The van der Waals surface area contributed by atoms with Crippen LogP contribution >= 0.6 is 15.9 Å². The van der Waals surface area contributed by atoms with Crippen molar-refractivity contribution in [1.29, 1.82) is 0 Å². The second kappa shape index (κ2) is 8.83. The van der Waals surface area contributed by atoms with Gasteiger partial charge in [0.2, 0.25) is 0 Å². The van der Waals surface area contributed by atoms with Crippen LogP contribution in [0, 0.1) is 0 Å². The molecule has 124 valence electrons. The summed E-state index contributed by atoms with van der Waals surface area (Å²) in [5, 5.41) is 4.63. The Morgan fingerprint density at radius 1 is 0.958 bits per heavy atom. The minimum Gasteiger partial charge on any atom is -0.452 e. The number of nitrogens with one attached hydrogen (secondary N) is 2. The average molecular weight is 391 g/mol. The SMILES string of the molecule is O=C(COC(=O)c1ccc(Br)cc1)NC(=O)NCc1ccccc1. The second-order valence-electron chi connectivity index (χ2n) is 4.80. The van der Waals surface area contributed by atoms with Crippen molar-refractivity contribution in [3.63, 3.8) is 0 Å². The number of halogens is 1. The predicted octanol–water partition coefficient (Wildman–Crippen LogP) is 2.63. The van der Waals surface area contributed by atoms with Gasteiger partial charge in [-0.3, -0.25) is 10.1 Å². The van der Waals surface area contributed by atoms with Crippen molar-refractivity contribution in [3.8, 4) is 0 Å². The van der Waals surface area contributed by atoms with Crippen molar-refractivity contribution in [1.82, 2.24) is 10.6 Å². The molecule has 2 aromatic rings. The van der Waals surface area contributed by atoms with Gasteiger partial charge in [-0.25, -0.2) is 9.59 Å². The Kier molecular flexibility index (Phi) is 6.51. The molecule has 0 radical (unpaired) electrons. The van der Waals surface area contributed by atoms with Crippen LogP contribution in [0.1, 0.15) is 15.9 Å². The number of hydrogen-bond donors (Lipinski definition) is 2. The molecule has 0 heterocycles. The molecule has 0 aliphatic carbocycles. The van der Waals surface area contributed by atoms with E-state index in [1.54, 1.807) is 24.3 Å². The number of ether oxygens (including phenoxy) is 1. The molecule has 6 nitrogen and oxygen atoms in total. The molecular weight excluding hydrogens is 376 g/mol. The fourth-order valence-electron chi connectivity index (χ4n) is 1.79. The molecule has 24 heavy (non-hydrogen) atoms. The van der Waals surface area contributed by atoms with Gasteiger partial charge in [0.05, 0.1) is 5.56 Å². The third-order valence-corrected chi connectivity index (χ3v) is 3.49. The maximum absolute atomic E-state index is 11.7. The number of esters is 1. The molecule has 0 spiro atoms. The fraction of sp³-hybridized carbons (Fsp3) is 0.118. The maximum atomic E-state index is 11.7. The summed E-state index contributed by atoms with van der Waals surface area (Å²) < 4.78 is 5.67. The average Bonchev–Trinajstić information content (AvgIpc) is 2.59. The van der Waals surface area contributed by atoms with Crippen LogP contribution in [0.3, 0.4) is 0 Å². The first-order valence-electron chi connectivity index (χ1n) is 7.09. The van der Waals surface area contributed by atoms with E-state index < -0.39 is 24.5 Å². The van der Waals surface area contributed by atoms with Gasteiger partial charge in [-0.15, -0.1) is 0 Å². The van der Waals surface area contributed by atoms with Gasteiger partial charge in [-0.05, 0) is 29.8 Å². The smallest absolute Gasteiger partial charge is 0.338 e. The number of carbonyl (C=O) groups excluding carboxylic acids is 3. The van der Waals surface area contributed by atoms with Gasteiger partial charge in [0.15, 0.2) is 6.61 Å². The Morgan fingerprint density at radius 2 is 1.62 bits per heavy atom. The van der Waals surface area contributed by atoms with Crippen LogP contribution < -0.4 is 10.6 Å². The molecule has 0 aromatic heterocycles. The van der Waals surface area contributed by atoms with Crippen molar-refractivity contribution in [3.05, 3.63) is 70.2 Å². The molecule has 0 saturated heterocycles. The number of rotatable bonds is 5. The van der Waals surface area contributed by atoms with E-state index in [2.05, 4.69) is 26.6 Å². The van der Waals surface area contributed by atoms with Crippen molar-refractivity contribution in [2.45, 2.75) is 6.54 Å². The molecule has 0 bridgehead atoms. The normalized spacial score (nSPS) is 9.88. The number of hydrogen-bond acceptors (Lipinski definition) is 4. The Bertz CT molecular complexity index is 717. The molecule has 0 atom stereocenters. The van der Waals surface area contributed by atoms with Crippen LogP contribution in [-0.2, 0) is 16.1 Å². The first-order valence-corrected chi connectivity index (χ1v) is 7.88. The first kappa shape index (κ1) is 17.7. The van der Waals surface area contributed by atoms with E-state index in [-0.39, 0.29) is 0 Å². The first-order chi connectivity index (χ1) is 11.5. The molecule has 0 unspecified atom stereocenters. The van der Waals surface area contributed by atoms with Crippen LogP contribution in [0.2, 0.25) is 0 Å². The molecule has 2 N–H and O–H groups in total. The lowest BCUT2D eigenvalue weighted by atomic mass is 10.2. The standard InChI is InChI=1S/C17H15BrN2O4/c18-14-8-6-13(7-9-14)16(22)24-11-15(21)20-17(23)19-10-12-4-2-1-3-5-12/h1-9H,10-11H2,(H2,19,20,21,23). The summed E-state index contributed by atoms with van der Waals surface area (Å²) in [4.78, 5) is 34.9. The van der Waals surface area contributed by atoms with Crippen molar-refractivity contribution in [2.24, 2.45) is 0 Å². The topological polar surface area (TPSA) is 84.5 Å². The quantitative estimate of drug-likeness (QED) is 0.768. The predicted molar refractivity (Wildman–Crippen MR) is 91.2 cm³/mol. The molecular formula is C17H15BrN2O4. The van der Waals surface area contributed by atoms with Gasteiger partial charge in [0, 0.05) is 11.0 Å². The van der Waals surface area contributed by atoms with E-state index >= 15 is 0 Å². The van der Waals surface area contributed by atoms with Crippen molar-refractivity contribution in [2.75, 3.05) is 6.61 Å². The number of carbonyl (C=O) groups is 3. The molecule has 0 saturated carbocycles. The number of amides is 3. The van der Waals surface area contributed by atoms with Gasteiger partial charge in [-0.1, -0.05) is 46.3 Å². The number of imide groups is 1. The summed E-state index contributed by atoms with van der Waals surface area (Å²) in [7, 11) is 0. The van der Waals surface area contributed by atoms with E-state index in [4.69, 9.17) is 4.74 Å². The van der Waals surface area contributed by atoms with E-state index in [0.717, 1.165) is 10.0 Å². The third-order valence-electron chi connectivity index (χ3n) is 2.96. The van der Waals surface area contributed by atoms with Crippen molar-refractivity contribution < 1.29 is 19.1 Å². The summed E-state index contributed by atoms with van der Waals surface area (Å²) in [5.74, 6) is -1.34. The summed E-state index contributed by atoms with van der Waals surface area (Å²) in [6.45, 7) is -0.244. The van der Waals surface area contributed by atoms with Crippen molar-refractivity contribution >= 4 is 33.8 Å². The Labute approximate surface area is 147 Å². The molecule has 0 aliphatic rings. The molecule has 0 fully saturated rings. The summed E-state index contributed by atoms with van der Waals surface area (Å²) in [5.41, 5.74) is 1.22. The van der Waals surface area contributed by atoms with Crippen LogP contribution in [0.15, 0.2) is 59.1 Å². The Hall–Kier alpha value is -2.67. The van der Waals surface area contributed by atoms with Gasteiger partial charge in [0.25, 0.3) is 5.91 Å². The van der Waals surface area contributed by atoms with Gasteiger partial charge < -0.3 is 10.1 Å². The number of benzene rings is 2. The largest absolute Gasteiger partial charge is 0.452 e. The van der Waals surface area contributed by atoms with Gasteiger partial charge >= 0.3 is 12.0 Å². The highest BCUT2D eigenvalue weighted by Gasteiger charge is 2.12. The highest BCUT2D eigenvalue weighted by Crippen LogP contribution is 2.11. The summed E-state index contributed by atoms with van der Waals surface area (Å²) in [6.07, 6.45) is 0. The molecule has 2 aromatic carbocycles. The maximum Gasteiger partial charge on any atom is 0.338 e. The lowest BCUT2D eigenvalue weighted by Gasteiger charge is -2.07. The number of urea groups is 1. The fourth-order valence-corrected chi connectivity index (χ4v) is 2.05. The second-order valence-corrected chi connectivity index (χ2v) is 5.72. The zero-order valence-corrected chi connectivity index (χ0v) is 14.2. The monoisotopic (exact) mass is 390 g/mol. The molecule has 3 amide bonds. The minimum atomic E-state index is -0.703. The Balaban J connectivity index is 1.71. The van der Waals surface area contributed by atoms with Crippen LogP contribution in [0.25, 0.3) is 0 Å². The van der Waals surface area contributed by atoms with Crippen LogP contribution in [-0.4, -0.2) is 24.5 Å². The summed E-state index contributed by atoms with van der Waals surface area (Å²) >= 11 is 3.25. The van der Waals surface area contributed by atoms with Gasteiger partial charge in [0.1, 0.15) is 0 Å². The molecule has 0 aliphatic heterocycles. The molecule has 2 rings (SSSR count).